The molecule has 1 heterocycles. The summed E-state index contributed by atoms with van der Waals surface area (Å²) in [5.41, 5.74) is 1.11. The van der Waals surface area contributed by atoms with Crippen molar-refractivity contribution in [2.75, 3.05) is 26.0 Å². The van der Waals surface area contributed by atoms with Gasteiger partial charge in [0.25, 0.3) is 5.91 Å². The van der Waals surface area contributed by atoms with E-state index in [1.165, 1.54) is 4.90 Å². The highest BCUT2D eigenvalue weighted by molar-refractivity contribution is 5.98. The van der Waals surface area contributed by atoms with Crippen LogP contribution in [0, 0.1) is 5.92 Å². The minimum Gasteiger partial charge on any atom is -0.355 e. The molecule has 0 aromatic heterocycles. The summed E-state index contributed by atoms with van der Waals surface area (Å²) in [6.45, 7) is 0.362. The van der Waals surface area contributed by atoms with Crippen LogP contribution in [0.5, 0.6) is 0 Å². The van der Waals surface area contributed by atoms with Crippen LogP contribution in [0.25, 0.3) is 0 Å². The maximum Gasteiger partial charge on any atom is 0.253 e. The van der Waals surface area contributed by atoms with Crippen LogP contribution in [0.3, 0.4) is 0 Å². The van der Waals surface area contributed by atoms with E-state index < -0.39 is 0 Å². The fourth-order valence-electron chi connectivity index (χ4n) is 2.19. The number of anilines is 1. The Hall–Kier alpha value is -2.37. The summed E-state index contributed by atoms with van der Waals surface area (Å²) in [6.07, 6.45) is 0.922. The number of hydrogen-bond acceptors (Lipinski definition) is 3. The van der Waals surface area contributed by atoms with Crippen LogP contribution < -0.4 is 10.6 Å². The van der Waals surface area contributed by atoms with Crippen LogP contribution >= 0.6 is 0 Å². The van der Waals surface area contributed by atoms with Crippen LogP contribution in [-0.4, -0.2) is 43.3 Å². The number of benzene rings is 1. The maximum absolute atomic E-state index is 12.1. The van der Waals surface area contributed by atoms with Gasteiger partial charge in [0.2, 0.25) is 11.8 Å². The number of carbonyl (C=O) groups is 3. The molecule has 1 fully saturated rings. The molecule has 21 heavy (non-hydrogen) atoms. The fraction of sp³-hybridized carbons (Fsp3) is 0.400. The second kappa shape index (κ2) is 6.39. The van der Waals surface area contributed by atoms with Gasteiger partial charge in [0.05, 0.1) is 5.92 Å². The Balaban J connectivity index is 2.02. The molecule has 0 saturated carbocycles. The van der Waals surface area contributed by atoms with Gasteiger partial charge in [-0.25, -0.2) is 0 Å². The van der Waals surface area contributed by atoms with Gasteiger partial charge in [0.1, 0.15) is 0 Å². The van der Waals surface area contributed by atoms with Crippen LogP contribution in [-0.2, 0) is 9.59 Å². The molecule has 1 aromatic carbocycles. The van der Waals surface area contributed by atoms with Crippen LogP contribution in [0.2, 0.25) is 0 Å². The number of amides is 3. The third kappa shape index (κ3) is 3.81. The number of rotatable bonds is 3. The van der Waals surface area contributed by atoms with E-state index in [2.05, 4.69) is 10.6 Å². The second-order valence-electron chi connectivity index (χ2n) is 5.31. The van der Waals surface area contributed by atoms with Crippen LogP contribution in [0.1, 0.15) is 23.2 Å². The van der Waals surface area contributed by atoms with Gasteiger partial charge in [-0.3, -0.25) is 14.4 Å². The van der Waals surface area contributed by atoms with Crippen molar-refractivity contribution in [3.8, 4) is 0 Å². The number of nitrogens with one attached hydrogen (secondary N) is 2. The molecule has 1 atom stereocenters. The zero-order valence-corrected chi connectivity index (χ0v) is 12.2. The molecule has 1 aliphatic heterocycles. The van der Waals surface area contributed by atoms with Gasteiger partial charge in [0.15, 0.2) is 0 Å². The number of carbonyl (C=O) groups excluding carboxylic acids is 3. The summed E-state index contributed by atoms with van der Waals surface area (Å²) in [5.74, 6) is -0.492. The molecule has 0 bridgehead atoms. The molecule has 112 valence electrons. The molecular formula is C15H19N3O3. The van der Waals surface area contributed by atoms with E-state index in [1.807, 2.05) is 0 Å². The minimum absolute atomic E-state index is 0.0161. The molecule has 0 aliphatic carbocycles. The van der Waals surface area contributed by atoms with E-state index >= 15 is 0 Å². The lowest BCUT2D eigenvalue weighted by Crippen LogP contribution is -2.40. The van der Waals surface area contributed by atoms with Crippen molar-refractivity contribution in [3.63, 3.8) is 0 Å². The molecular weight excluding hydrogens is 270 g/mol. The predicted octanol–water partition coefficient (Wildman–Crippen LogP) is 0.853. The van der Waals surface area contributed by atoms with Gasteiger partial charge >= 0.3 is 0 Å². The van der Waals surface area contributed by atoms with E-state index in [0.29, 0.717) is 30.6 Å². The molecule has 2 rings (SSSR count). The highest BCUT2D eigenvalue weighted by Gasteiger charge is 2.24. The number of nitrogens with zero attached hydrogens (tertiary/aromatic N) is 1. The molecule has 3 amide bonds. The largest absolute Gasteiger partial charge is 0.355 e. The lowest BCUT2D eigenvalue weighted by molar-refractivity contribution is -0.126. The summed E-state index contributed by atoms with van der Waals surface area (Å²) in [6, 6.07) is 6.83. The summed E-state index contributed by atoms with van der Waals surface area (Å²) in [4.78, 5) is 36.6. The van der Waals surface area contributed by atoms with Crippen molar-refractivity contribution >= 4 is 23.4 Å². The topological polar surface area (TPSA) is 78.5 Å². The highest BCUT2D eigenvalue weighted by atomic mass is 16.2. The average molecular weight is 289 g/mol. The van der Waals surface area contributed by atoms with Crippen molar-refractivity contribution in [2.24, 2.45) is 5.92 Å². The van der Waals surface area contributed by atoms with Crippen LogP contribution in [0.4, 0.5) is 5.69 Å². The lowest BCUT2D eigenvalue weighted by Gasteiger charge is -2.21. The van der Waals surface area contributed by atoms with E-state index in [-0.39, 0.29) is 23.6 Å². The zero-order chi connectivity index (χ0) is 15.4. The quantitative estimate of drug-likeness (QED) is 0.866. The molecule has 1 aliphatic rings. The van der Waals surface area contributed by atoms with E-state index in [1.54, 1.807) is 38.4 Å². The summed E-state index contributed by atoms with van der Waals surface area (Å²) < 4.78 is 0. The monoisotopic (exact) mass is 289 g/mol. The number of piperidine rings is 1. The van der Waals surface area contributed by atoms with E-state index in [0.717, 1.165) is 0 Å². The van der Waals surface area contributed by atoms with E-state index in [9.17, 15) is 14.4 Å². The van der Waals surface area contributed by atoms with Crippen molar-refractivity contribution in [3.05, 3.63) is 29.8 Å². The minimum atomic E-state index is -0.226. The molecule has 0 radical (unpaired) electrons. The summed E-state index contributed by atoms with van der Waals surface area (Å²) in [7, 11) is 3.36. The standard InChI is InChI=1S/C15H19N3O3/c1-18(2)15(21)10-4-3-5-12(8-10)17-14(20)11-6-7-13(19)16-9-11/h3-5,8,11H,6-7,9H2,1-2H3,(H,16,19)(H,17,20). The summed E-state index contributed by atoms with van der Waals surface area (Å²) >= 11 is 0. The third-order valence-corrected chi connectivity index (χ3v) is 3.42. The highest BCUT2D eigenvalue weighted by Crippen LogP contribution is 2.16. The van der Waals surface area contributed by atoms with Gasteiger partial charge in [-0.15, -0.1) is 0 Å². The van der Waals surface area contributed by atoms with Crippen molar-refractivity contribution in [1.82, 2.24) is 10.2 Å². The Morgan fingerprint density at radius 3 is 2.71 bits per heavy atom. The van der Waals surface area contributed by atoms with Crippen LogP contribution in [0.15, 0.2) is 24.3 Å². The van der Waals surface area contributed by atoms with Gasteiger partial charge in [-0.2, -0.15) is 0 Å². The normalized spacial score (nSPS) is 17.8. The summed E-state index contributed by atoms with van der Waals surface area (Å²) in [5, 5.41) is 5.48. The lowest BCUT2D eigenvalue weighted by atomic mass is 9.98. The molecule has 2 N–H and O–H groups in total. The molecule has 6 heteroatoms. The third-order valence-electron chi connectivity index (χ3n) is 3.42. The Labute approximate surface area is 123 Å². The van der Waals surface area contributed by atoms with Gasteiger partial charge in [0, 0.05) is 38.3 Å². The Morgan fingerprint density at radius 2 is 2.10 bits per heavy atom. The molecule has 1 unspecified atom stereocenters. The Morgan fingerprint density at radius 1 is 1.33 bits per heavy atom. The second-order valence-corrected chi connectivity index (χ2v) is 5.31. The Kier molecular flexibility index (Phi) is 4.57. The first-order chi connectivity index (χ1) is 9.97. The first-order valence-corrected chi connectivity index (χ1v) is 6.86. The molecule has 6 nitrogen and oxygen atoms in total. The number of hydrogen-bond donors (Lipinski definition) is 2. The van der Waals surface area contributed by atoms with Crippen molar-refractivity contribution < 1.29 is 14.4 Å². The first-order valence-electron chi connectivity index (χ1n) is 6.86. The average Bonchev–Trinajstić information content (AvgIpc) is 2.47. The van der Waals surface area contributed by atoms with Gasteiger partial charge in [-0.1, -0.05) is 6.07 Å². The van der Waals surface area contributed by atoms with Gasteiger partial charge in [-0.05, 0) is 24.6 Å². The SMILES string of the molecule is CN(C)C(=O)c1cccc(NC(=O)C2CCC(=O)NC2)c1. The molecule has 1 aromatic rings. The molecule has 1 saturated heterocycles. The fourth-order valence-corrected chi connectivity index (χ4v) is 2.19. The molecule has 0 spiro atoms. The van der Waals surface area contributed by atoms with Gasteiger partial charge < -0.3 is 15.5 Å². The van der Waals surface area contributed by atoms with E-state index in [4.69, 9.17) is 0 Å². The Bertz CT molecular complexity index is 559. The van der Waals surface area contributed by atoms with Crippen molar-refractivity contribution in [1.29, 1.82) is 0 Å². The smallest absolute Gasteiger partial charge is 0.253 e. The maximum atomic E-state index is 12.1. The predicted molar refractivity (Wildman–Crippen MR) is 78.8 cm³/mol. The first kappa shape index (κ1) is 15.0. The zero-order valence-electron chi connectivity index (χ0n) is 12.2. The van der Waals surface area contributed by atoms with Crippen molar-refractivity contribution in [2.45, 2.75) is 12.8 Å².